The molecule has 1 aromatic carbocycles. The summed E-state index contributed by atoms with van der Waals surface area (Å²) in [4.78, 5) is 32.0. The Balaban J connectivity index is 2.12. The number of aryl methyl sites for hydroxylation is 2. The van der Waals surface area contributed by atoms with E-state index in [4.69, 9.17) is 28.0 Å². The molecule has 0 aromatic heterocycles. The summed E-state index contributed by atoms with van der Waals surface area (Å²) in [7, 11) is 3.30. The van der Waals surface area contributed by atoms with Crippen LogP contribution in [-0.2, 0) is 25.7 Å². The van der Waals surface area contributed by atoms with Gasteiger partial charge < -0.3 is 9.74 Å². The van der Waals surface area contributed by atoms with Crippen LogP contribution in [0.1, 0.15) is 36.5 Å². The van der Waals surface area contributed by atoms with Gasteiger partial charge in [-0.25, -0.2) is 0 Å². The molecular weight excluding hydrogens is 375 g/mol. The van der Waals surface area contributed by atoms with E-state index in [9.17, 15) is 9.59 Å². The van der Waals surface area contributed by atoms with Gasteiger partial charge in [0.15, 0.2) is 5.78 Å². The molecule has 1 unspecified atom stereocenters. The Bertz CT molecular complexity index is 759. The number of Topliss-reactive ketones (excluding diaryl/α,β-unsaturated/α-hetero) is 1. The fourth-order valence-corrected chi connectivity index (χ4v) is 5.27. The summed E-state index contributed by atoms with van der Waals surface area (Å²) in [5.74, 6) is -0.579. The lowest BCUT2D eigenvalue weighted by atomic mass is 9.78. The molecule has 7 heteroatoms. The Morgan fingerprint density at radius 1 is 1.23 bits per heavy atom. The summed E-state index contributed by atoms with van der Waals surface area (Å²) < 4.78 is 0. The van der Waals surface area contributed by atoms with E-state index in [-0.39, 0.29) is 11.7 Å². The van der Waals surface area contributed by atoms with Crippen molar-refractivity contribution in [1.82, 2.24) is 9.96 Å². The molecule has 1 spiro atoms. The number of hydroxylamine groups is 2. The van der Waals surface area contributed by atoms with E-state index in [0.29, 0.717) is 42.9 Å². The summed E-state index contributed by atoms with van der Waals surface area (Å²) in [6, 6.07) is 3.56. The summed E-state index contributed by atoms with van der Waals surface area (Å²) >= 11 is 13.1. The first kappa shape index (κ1) is 19.6. The van der Waals surface area contributed by atoms with Gasteiger partial charge in [0.2, 0.25) is 4.87 Å². The van der Waals surface area contributed by atoms with Gasteiger partial charge in [0.05, 0.1) is 7.11 Å². The lowest BCUT2D eigenvalue weighted by Gasteiger charge is -2.41. The molecule has 1 amide bonds. The van der Waals surface area contributed by atoms with Crippen LogP contribution in [0.15, 0.2) is 12.1 Å². The largest absolute Gasteiger partial charge is 0.331 e. The average molecular weight is 399 g/mol. The van der Waals surface area contributed by atoms with E-state index in [0.717, 1.165) is 11.1 Å². The molecule has 3 rings (SSSR count). The quantitative estimate of drug-likeness (QED) is 0.579. The second kappa shape index (κ2) is 6.79. The van der Waals surface area contributed by atoms with Gasteiger partial charge in [-0.2, -0.15) is 5.06 Å². The molecule has 142 valence electrons. The number of hydrogen-bond donors (Lipinski definition) is 0. The minimum Gasteiger partial charge on any atom is -0.331 e. The zero-order chi connectivity index (χ0) is 19.3. The molecule has 26 heavy (non-hydrogen) atoms. The van der Waals surface area contributed by atoms with Crippen molar-refractivity contribution in [3.05, 3.63) is 33.8 Å². The second-order valence-electron chi connectivity index (χ2n) is 7.11. The number of ketones is 1. The van der Waals surface area contributed by atoms with Gasteiger partial charge >= 0.3 is 0 Å². The van der Waals surface area contributed by atoms with Crippen molar-refractivity contribution in [1.29, 1.82) is 0 Å². The number of alkyl halides is 1. The van der Waals surface area contributed by atoms with E-state index < -0.39 is 10.4 Å². The van der Waals surface area contributed by atoms with Gasteiger partial charge in [0.25, 0.3) is 5.91 Å². The molecule has 1 atom stereocenters. The predicted octanol–water partition coefficient (Wildman–Crippen LogP) is 3.08. The number of halogens is 2. The number of rotatable bonds is 3. The molecule has 2 aliphatic heterocycles. The second-order valence-corrected chi connectivity index (χ2v) is 8.11. The number of amides is 1. The maximum Gasteiger partial charge on any atom is 0.256 e. The highest BCUT2D eigenvalue weighted by atomic mass is 35.5. The number of hydrogen-bond acceptors (Lipinski definition) is 4. The molecule has 0 N–H and O–H groups in total. The predicted molar refractivity (Wildman–Crippen MR) is 101 cm³/mol. The first-order chi connectivity index (χ1) is 12.2. The van der Waals surface area contributed by atoms with Crippen molar-refractivity contribution >= 4 is 34.9 Å². The van der Waals surface area contributed by atoms with Crippen molar-refractivity contribution in [2.24, 2.45) is 0 Å². The first-order valence-electron chi connectivity index (χ1n) is 8.83. The van der Waals surface area contributed by atoms with Crippen molar-refractivity contribution in [3.63, 3.8) is 0 Å². The first-order valence-corrected chi connectivity index (χ1v) is 9.58. The minimum atomic E-state index is -1.69. The van der Waals surface area contributed by atoms with Crippen LogP contribution in [0.5, 0.6) is 0 Å². The van der Waals surface area contributed by atoms with Crippen molar-refractivity contribution in [2.45, 2.75) is 43.5 Å². The normalized spacial score (nSPS) is 26.2. The maximum atomic E-state index is 13.6. The number of benzene rings is 1. The third-order valence-corrected chi connectivity index (χ3v) is 6.63. The van der Waals surface area contributed by atoms with Gasteiger partial charge in [-0.1, -0.05) is 30.1 Å². The number of likely N-dealkylation sites (tertiary alicyclic amines) is 1. The number of likely N-dealkylation sites (N-methyl/N-ethyl adjacent to an activating group) is 1. The van der Waals surface area contributed by atoms with Crippen LogP contribution >= 0.6 is 23.2 Å². The Labute approximate surface area is 164 Å². The molecule has 2 heterocycles. The summed E-state index contributed by atoms with van der Waals surface area (Å²) in [6.07, 6.45) is 1.65. The Kier molecular flexibility index (Phi) is 5.12. The highest BCUT2D eigenvalue weighted by Gasteiger charge is 2.66. The van der Waals surface area contributed by atoms with Crippen LogP contribution in [0.25, 0.3) is 0 Å². The monoisotopic (exact) mass is 398 g/mol. The zero-order valence-corrected chi connectivity index (χ0v) is 17.1. The Morgan fingerprint density at radius 3 is 2.38 bits per heavy atom. The summed E-state index contributed by atoms with van der Waals surface area (Å²) in [5, 5.41) is 2.38. The number of carbonyl (C=O) groups is 2. The third-order valence-electron chi connectivity index (χ3n) is 5.89. The molecule has 0 bridgehead atoms. The van der Waals surface area contributed by atoms with E-state index >= 15 is 0 Å². The third kappa shape index (κ3) is 2.60. The lowest BCUT2D eigenvalue weighted by molar-refractivity contribution is -0.165. The number of nitrogens with zero attached hydrogens (tertiary/aromatic N) is 2. The molecular formula is C19H24Cl2N2O3. The standard InChI is InChI=1S/C19H24Cl2N2O3/c1-5-13-11-14(20)10-12(2)15(13)19(21)16(24)18(22(3)17(19)25)6-8-23(26-4)9-7-18/h10-11H,5-9H2,1-4H3. The van der Waals surface area contributed by atoms with Crippen LogP contribution in [0.3, 0.4) is 0 Å². The van der Waals surface area contributed by atoms with Crippen LogP contribution in [0, 0.1) is 6.92 Å². The highest BCUT2D eigenvalue weighted by Crippen LogP contribution is 2.50. The van der Waals surface area contributed by atoms with Crippen LogP contribution in [0.2, 0.25) is 5.02 Å². The van der Waals surface area contributed by atoms with E-state index in [1.165, 1.54) is 0 Å². The van der Waals surface area contributed by atoms with Crippen LogP contribution in [0.4, 0.5) is 0 Å². The van der Waals surface area contributed by atoms with E-state index in [1.54, 1.807) is 36.3 Å². The van der Waals surface area contributed by atoms with Gasteiger partial charge in [-0.05, 0) is 55.0 Å². The van der Waals surface area contributed by atoms with Gasteiger partial charge in [0, 0.05) is 25.2 Å². The summed E-state index contributed by atoms with van der Waals surface area (Å²) in [5.41, 5.74) is 1.32. The van der Waals surface area contributed by atoms with Gasteiger partial charge in [0.1, 0.15) is 5.54 Å². The maximum absolute atomic E-state index is 13.6. The van der Waals surface area contributed by atoms with E-state index in [1.807, 2.05) is 13.8 Å². The highest BCUT2D eigenvalue weighted by molar-refractivity contribution is 6.49. The van der Waals surface area contributed by atoms with E-state index in [2.05, 4.69) is 0 Å². The van der Waals surface area contributed by atoms with Crippen LogP contribution < -0.4 is 0 Å². The topological polar surface area (TPSA) is 49.9 Å². The molecule has 0 radical (unpaired) electrons. The molecule has 1 aromatic rings. The average Bonchev–Trinajstić information content (AvgIpc) is 2.76. The zero-order valence-electron chi connectivity index (χ0n) is 15.6. The molecule has 2 saturated heterocycles. The molecule has 5 nitrogen and oxygen atoms in total. The van der Waals surface area contributed by atoms with Crippen LogP contribution in [-0.4, -0.2) is 54.4 Å². The SMILES string of the molecule is CCc1cc(Cl)cc(C)c1C1(Cl)C(=O)N(C)C2(CCN(OC)CC2)C1=O. The van der Waals surface area contributed by atoms with Gasteiger partial charge in [-0.15, -0.1) is 0 Å². The minimum absolute atomic E-state index is 0.227. The lowest BCUT2D eigenvalue weighted by Crippen LogP contribution is -2.55. The smallest absolute Gasteiger partial charge is 0.256 e. The Hall–Kier alpha value is -1.14. The van der Waals surface area contributed by atoms with Crippen molar-refractivity contribution in [2.75, 3.05) is 27.2 Å². The molecule has 0 aliphatic carbocycles. The fourth-order valence-electron chi connectivity index (χ4n) is 4.40. The molecule has 2 fully saturated rings. The number of piperidine rings is 1. The Morgan fingerprint density at radius 2 is 1.85 bits per heavy atom. The summed E-state index contributed by atoms with van der Waals surface area (Å²) in [6.45, 7) is 4.97. The fraction of sp³-hybridized carbons (Fsp3) is 0.579. The molecule has 0 saturated carbocycles. The molecule has 2 aliphatic rings. The number of carbonyl (C=O) groups excluding carboxylic acids is 2. The van der Waals surface area contributed by atoms with Gasteiger partial charge in [-0.3, -0.25) is 9.59 Å². The van der Waals surface area contributed by atoms with Crippen molar-refractivity contribution in [3.8, 4) is 0 Å². The van der Waals surface area contributed by atoms with Crippen molar-refractivity contribution < 1.29 is 14.4 Å².